The van der Waals surface area contributed by atoms with Crippen molar-refractivity contribution >= 4 is 6.21 Å². The maximum absolute atomic E-state index is 13.2. The van der Waals surface area contributed by atoms with Gasteiger partial charge in [0.2, 0.25) is 0 Å². The summed E-state index contributed by atoms with van der Waals surface area (Å²) >= 11 is 0. The van der Waals surface area contributed by atoms with E-state index in [2.05, 4.69) is 4.99 Å². The fourth-order valence-corrected chi connectivity index (χ4v) is 2.36. The van der Waals surface area contributed by atoms with E-state index in [1.807, 2.05) is 6.92 Å². The average Bonchev–Trinajstić information content (AvgIpc) is 3.25. The molecule has 0 bridgehead atoms. The monoisotopic (exact) mass is 337 g/mol. The lowest BCUT2D eigenvalue weighted by molar-refractivity contribution is -0.143. The first-order valence-corrected chi connectivity index (χ1v) is 7.46. The molecular formula is C16H17F6N. The molecule has 1 saturated carbocycles. The molecular weight excluding hydrogens is 320 g/mol. The molecule has 128 valence electrons. The van der Waals surface area contributed by atoms with Crippen molar-refractivity contribution in [1.82, 2.24) is 0 Å². The quantitative estimate of drug-likeness (QED) is 0.365. The second-order valence-corrected chi connectivity index (χ2v) is 5.69. The Kier molecular flexibility index (Phi) is 5.06. The van der Waals surface area contributed by atoms with E-state index < -0.39 is 23.5 Å². The fourth-order valence-electron chi connectivity index (χ4n) is 2.36. The minimum Gasteiger partial charge on any atom is -0.293 e. The van der Waals surface area contributed by atoms with Gasteiger partial charge in [0, 0.05) is 18.3 Å². The van der Waals surface area contributed by atoms with Gasteiger partial charge in [-0.1, -0.05) is 13.3 Å². The summed E-state index contributed by atoms with van der Waals surface area (Å²) in [6.45, 7) is 2.28. The van der Waals surface area contributed by atoms with Crippen LogP contribution in [-0.4, -0.2) is 12.8 Å². The van der Waals surface area contributed by atoms with Crippen LogP contribution in [-0.2, 0) is 12.4 Å². The standard InChI is InChI=1S/C16H17F6N/c1-2-3-6-23-9-13-12(10-4-5-10)7-11(15(17,18)19)8-14(13)16(20,21)22/h7-10H,2-6H2,1H3/b23-9+. The number of benzene rings is 1. The molecule has 1 aromatic rings. The third-order valence-corrected chi connectivity index (χ3v) is 3.72. The molecule has 0 aromatic heterocycles. The molecule has 2 rings (SSSR count). The van der Waals surface area contributed by atoms with Crippen molar-refractivity contribution in [3.8, 4) is 0 Å². The Hall–Kier alpha value is -1.53. The Bertz CT molecular complexity index is 581. The number of hydrogen-bond acceptors (Lipinski definition) is 1. The van der Waals surface area contributed by atoms with E-state index >= 15 is 0 Å². The van der Waals surface area contributed by atoms with Gasteiger partial charge in [-0.25, -0.2) is 0 Å². The number of rotatable bonds is 5. The molecule has 23 heavy (non-hydrogen) atoms. The molecule has 0 heterocycles. The first-order chi connectivity index (χ1) is 10.6. The van der Waals surface area contributed by atoms with Gasteiger partial charge in [0.1, 0.15) is 0 Å². The van der Waals surface area contributed by atoms with E-state index in [0.717, 1.165) is 25.1 Å². The Labute approximate surface area is 130 Å². The van der Waals surface area contributed by atoms with E-state index in [4.69, 9.17) is 0 Å². The van der Waals surface area contributed by atoms with E-state index in [9.17, 15) is 26.3 Å². The molecule has 0 aliphatic heterocycles. The highest BCUT2D eigenvalue weighted by Crippen LogP contribution is 2.46. The lowest BCUT2D eigenvalue weighted by Crippen LogP contribution is -2.15. The SMILES string of the molecule is CCCC/N=C/c1c(C2CC2)cc(C(F)(F)F)cc1C(F)(F)F. The van der Waals surface area contributed by atoms with Crippen LogP contribution < -0.4 is 0 Å². The summed E-state index contributed by atoms with van der Waals surface area (Å²) < 4.78 is 78.4. The van der Waals surface area contributed by atoms with Crippen molar-refractivity contribution in [1.29, 1.82) is 0 Å². The minimum absolute atomic E-state index is 0.104. The van der Waals surface area contributed by atoms with Gasteiger partial charge in [-0.2, -0.15) is 26.3 Å². The number of nitrogens with zero attached hydrogens (tertiary/aromatic N) is 1. The lowest BCUT2D eigenvalue weighted by atomic mass is 9.94. The third kappa shape index (κ3) is 4.48. The summed E-state index contributed by atoms with van der Waals surface area (Å²) in [5, 5.41) is 0. The van der Waals surface area contributed by atoms with E-state index in [-0.39, 0.29) is 23.1 Å². The van der Waals surface area contributed by atoms with Gasteiger partial charge >= 0.3 is 12.4 Å². The summed E-state index contributed by atoms with van der Waals surface area (Å²) in [6.07, 6.45) is -5.79. The Morgan fingerprint density at radius 2 is 1.74 bits per heavy atom. The number of unbranched alkanes of at least 4 members (excludes halogenated alkanes) is 1. The van der Waals surface area contributed by atoms with Gasteiger partial charge in [0.15, 0.2) is 0 Å². The van der Waals surface area contributed by atoms with Gasteiger partial charge in [0.05, 0.1) is 11.1 Å². The zero-order chi connectivity index (χ0) is 17.3. The van der Waals surface area contributed by atoms with Crippen LogP contribution in [0.4, 0.5) is 26.3 Å². The second-order valence-electron chi connectivity index (χ2n) is 5.69. The molecule has 0 spiro atoms. The molecule has 7 heteroatoms. The van der Waals surface area contributed by atoms with Crippen LogP contribution >= 0.6 is 0 Å². The van der Waals surface area contributed by atoms with Crippen molar-refractivity contribution in [2.75, 3.05) is 6.54 Å². The first kappa shape index (κ1) is 17.8. The van der Waals surface area contributed by atoms with Crippen LogP contribution in [0.15, 0.2) is 17.1 Å². The van der Waals surface area contributed by atoms with Crippen LogP contribution in [0.3, 0.4) is 0 Å². The number of hydrogen-bond donors (Lipinski definition) is 0. The summed E-state index contributed by atoms with van der Waals surface area (Å²) in [6, 6.07) is 1.03. The van der Waals surface area contributed by atoms with Gasteiger partial charge in [-0.15, -0.1) is 0 Å². The van der Waals surface area contributed by atoms with Gasteiger partial charge in [0.25, 0.3) is 0 Å². The average molecular weight is 337 g/mol. The van der Waals surface area contributed by atoms with Crippen molar-refractivity contribution in [3.63, 3.8) is 0 Å². The van der Waals surface area contributed by atoms with E-state index in [1.54, 1.807) is 0 Å². The summed E-state index contributed by atoms with van der Waals surface area (Å²) in [5.74, 6) is -0.244. The van der Waals surface area contributed by atoms with Gasteiger partial charge in [-0.3, -0.25) is 4.99 Å². The maximum atomic E-state index is 13.2. The topological polar surface area (TPSA) is 12.4 Å². The number of alkyl halides is 6. The van der Waals surface area contributed by atoms with Crippen LogP contribution in [0, 0.1) is 0 Å². The fraction of sp³-hybridized carbons (Fsp3) is 0.562. The zero-order valence-electron chi connectivity index (χ0n) is 12.6. The molecule has 1 fully saturated rings. The molecule has 0 radical (unpaired) electrons. The Morgan fingerprint density at radius 3 is 2.22 bits per heavy atom. The Morgan fingerprint density at radius 1 is 1.09 bits per heavy atom. The summed E-state index contributed by atoms with van der Waals surface area (Å²) in [4.78, 5) is 3.96. The van der Waals surface area contributed by atoms with Crippen molar-refractivity contribution < 1.29 is 26.3 Å². The number of halogens is 6. The van der Waals surface area contributed by atoms with Gasteiger partial charge < -0.3 is 0 Å². The molecule has 0 unspecified atom stereocenters. The molecule has 0 saturated heterocycles. The largest absolute Gasteiger partial charge is 0.417 e. The van der Waals surface area contributed by atoms with Crippen LogP contribution in [0.1, 0.15) is 60.8 Å². The molecule has 1 aliphatic rings. The highest BCUT2D eigenvalue weighted by atomic mass is 19.4. The summed E-state index contributed by atoms with van der Waals surface area (Å²) in [7, 11) is 0. The molecule has 0 amide bonds. The van der Waals surface area contributed by atoms with E-state index in [0.29, 0.717) is 19.4 Å². The first-order valence-electron chi connectivity index (χ1n) is 7.46. The normalized spacial score (nSPS) is 16.3. The van der Waals surface area contributed by atoms with Crippen LogP contribution in [0.25, 0.3) is 0 Å². The zero-order valence-corrected chi connectivity index (χ0v) is 12.6. The van der Waals surface area contributed by atoms with Crippen molar-refractivity contribution in [2.24, 2.45) is 4.99 Å². The third-order valence-electron chi connectivity index (χ3n) is 3.72. The van der Waals surface area contributed by atoms with Crippen molar-refractivity contribution in [2.45, 2.75) is 50.9 Å². The predicted molar refractivity (Wildman–Crippen MR) is 75.8 cm³/mol. The van der Waals surface area contributed by atoms with E-state index in [1.165, 1.54) is 0 Å². The Balaban J connectivity index is 2.54. The lowest BCUT2D eigenvalue weighted by Gasteiger charge is -2.18. The second kappa shape index (κ2) is 6.53. The number of aliphatic imine (C=N–C) groups is 1. The minimum atomic E-state index is -4.85. The molecule has 1 aromatic carbocycles. The van der Waals surface area contributed by atoms with Crippen LogP contribution in [0.5, 0.6) is 0 Å². The summed E-state index contributed by atoms with van der Waals surface area (Å²) in [5.41, 5.74) is -2.62. The highest BCUT2D eigenvalue weighted by Gasteiger charge is 2.41. The van der Waals surface area contributed by atoms with Crippen molar-refractivity contribution in [3.05, 3.63) is 34.4 Å². The highest BCUT2D eigenvalue weighted by molar-refractivity contribution is 5.85. The molecule has 0 atom stereocenters. The molecule has 0 N–H and O–H groups in total. The molecule has 1 nitrogen and oxygen atoms in total. The maximum Gasteiger partial charge on any atom is 0.417 e. The molecule has 1 aliphatic carbocycles. The predicted octanol–water partition coefficient (Wildman–Crippen LogP) is 5.82. The van der Waals surface area contributed by atoms with Crippen LogP contribution in [0.2, 0.25) is 0 Å². The smallest absolute Gasteiger partial charge is 0.293 e. The van der Waals surface area contributed by atoms with Gasteiger partial charge in [-0.05, 0) is 42.9 Å².